The second-order valence-electron chi connectivity index (χ2n) is 13.7. The maximum atomic E-state index is 5.59. The monoisotopic (exact) mass is 542 g/mol. The van der Waals surface area contributed by atoms with Crippen LogP contribution >= 0.6 is 0 Å². The Morgan fingerprint density at radius 1 is 0.600 bits per heavy atom. The first-order valence-electron chi connectivity index (χ1n) is 15.9. The minimum atomic E-state index is 0.285. The van der Waals surface area contributed by atoms with Crippen LogP contribution < -0.4 is 10.6 Å². The number of nitrogens with zero attached hydrogens (tertiary/aromatic N) is 2. The Kier molecular flexibility index (Phi) is 10.5. The van der Waals surface area contributed by atoms with Crippen molar-refractivity contribution >= 4 is 23.0 Å². The van der Waals surface area contributed by atoms with Crippen LogP contribution in [0.15, 0.2) is 58.5 Å². The van der Waals surface area contributed by atoms with E-state index in [1.54, 1.807) is 0 Å². The molecule has 0 spiro atoms. The molecule has 6 atom stereocenters. The molecule has 2 N–H and O–H groups in total. The van der Waals surface area contributed by atoms with Gasteiger partial charge in [0.25, 0.3) is 0 Å². The van der Waals surface area contributed by atoms with E-state index in [1.165, 1.54) is 36.8 Å². The van der Waals surface area contributed by atoms with E-state index in [9.17, 15) is 0 Å². The molecule has 2 aliphatic rings. The van der Waals surface area contributed by atoms with E-state index in [0.29, 0.717) is 35.5 Å². The number of amidine groups is 2. The number of anilines is 2. The van der Waals surface area contributed by atoms with Gasteiger partial charge in [0.2, 0.25) is 0 Å². The van der Waals surface area contributed by atoms with E-state index in [4.69, 9.17) is 9.98 Å². The van der Waals surface area contributed by atoms with Crippen LogP contribution in [0.2, 0.25) is 0 Å². The molecule has 0 unspecified atom stereocenters. The Hall–Kier alpha value is -2.62. The van der Waals surface area contributed by atoms with Gasteiger partial charge < -0.3 is 10.6 Å². The average molecular weight is 543 g/mol. The zero-order valence-electron chi connectivity index (χ0n) is 26.4. The molecule has 0 bridgehead atoms. The zero-order valence-corrected chi connectivity index (χ0v) is 26.4. The first kappa shape index (κ1) is 30.3. The van der Waals surface area contributed by atoms with Gasteiger partial charge in [0.1, 0.15) is 0 Å². The highest BCUT2D eigenvalue weighted by molar-refractivity contribution is 6.48. The molecule has 0 aromatic heterocycles. The van der Waals surface area contributed by atoms with Gasteiger partial charge in [-0.15, -0.1) is 0 Å². The van der Waals surface area contributed by atoms with Crippen molar-refractivity contribution in [2.75, 3.05) is 10.6 Å². The van der Waals surface area contributed by atoms with Crippen molar-refractivity contribution in [3.05, 3.63) is 59.7 Å². The van der Waals surface area contributed by atoms with E-state index in [1.807, 2.05) is 0 Å². The molecular weight excluding hydrogens is 488 g/mol. The number of rotatable bonds is 6. The topological polar surface area (TPSA) is 48.8 Å². The Morgan fingerprint density at radius 3 is 1.27 bits per heavy atom. The summed E-state index contributed by atoms with van der Waals surface area (Å²) in [4.78, 5) is 11.2. The van der Waals surface area contributed by atoms with Crippen molar-refractivity contribution in [3.63, 3.8) is 0 Å². The van der Waals surface area contributed by atoms with Gasteiger partial charge in [-0.1, -0.05) is 89.8 Å². The Balaban J connectivity index is 1.82. The van der Waals surface area contributed by atoms with E-state index in [2.05, 4.69) is 115 Å². The molecule has 4 rings (SSSR count). The summed E-state index contributed by atoms with van der Waals surface area (Å²) in [7, 11) is 0. The average Bonchev–Trinajstić information content (AvgIpc) is 2.90. The highest BCUT2D eigenvalue weighted by Crippen LogP contribution is 2.37. The van der Waals surface area contributed by atoms with E-state index < -0.39 is 0 Å². The highest BCUT2D eigenvalue weighted by atomic mass is 15.1. The summed E-state index contributed by atoms with van der Waals surface area (Å²) in [5, 5.41) is 7.52. The summed E-state index contributed by atoms with van der Waals surface area (Å²) < 4.78 is 0. The maximum Gasteiger partial charge on any atom is 0.169 e. The highest BCUT2D eigenvalue weighted by Gasteiger charge is 2.33. The van der Waals surface area contributed by atoms with E-state index in [0.717, 1.165) is 35.9 Å². The van der Waals surface area contributed by atoms with Crippen LogP contribution in [0.1, 0.15) is 91.2 Å². The zero-order chi connectivity index (χ0) is 28.8. The lowest BCUT2D eigenvalue weighted by Crippen LogP contribution is -2.39. The number of hydrogen-bond donors (Lipinski definition) is 2. The van der Waals surface area contributed by atoms with Gasteiger partial charge in [-0.3, -0.25) is 9.98 Å². The molecule has 0 aliphatic heterocycles. The van der Waals surface area contributed by atoms with Gasteiger partial charge in [-0.25, -0.2) is 0 Å². The molecule has 2 aromatic carbocycles. The second kappa shape index (κ2) is 13.8. The van der Waals surface area contributed by atoms with Crippen molar-refractivity contribution in [1.29, 1.82) is 0 Å². The molecule has 0 radical (unpaired) electrons. The minimum Gasteiger partial charge on any atom is -0.337 e. The molecule has 218 valence electrons. The van der Waals surface area contributed by atoms with Crippen molar-refractivity contribution in [2.45, 2.75) is 106 Å². The number of nitrogens with one attached hydrogen (secondary N) is 2. The lowest BCUT2D eigenvalue weighted by atomic mass is 9.74. The molecule has 0 heterocycles. The number of hydrogen-bond acceptors (Lipinski definition) is 2. The first-order valence-corrected chi connectivity index (χ1v) is 15.9. The van der Waals surface area contributed by atoms with Gasteiger partial charge in [0, 0.05) is 11.4 Å². The predicted molar refractivity (Wildman–Crippen MR) is 175 cm³/mol. The molecule has 40 heavy (non-hydrogen) atoms. The lowest BCUT2D eigenvalue weighted by molar-refractivity contribution is 0.200. The van der Waals surface area contributed by atoms with Crippen LogP contribution in [0.5, 0.6) is 0 Å². The third kappa shape index (κ3) is 8.21. The third-order valence-corrected chi connectivity index (χ3v) is 9.42. The smallest absolute Gasteiger partial charge is 0.169 e. The summed E-state index contributed by atoms with van der Waals surface area (Å²) in [6, 6.07) is 17.9. The molecule has 4 nitrogen and oxygen atoms in total. The van der Waals surface area contributed by atoms with Crippen LogP contribution in [0.4, 0.5) is 11.4 Å². The summed E-state index contributed by atoms with van der Waals surface area (Å²) in [5.41, 5.74) is 4.63. The van der Waals surface area contributed by atoms with Gasteiger partial charge in [-0.05, 0) is 99.3 Å². The molecular formula is C36H54N4. The molecule has 2 saturated carbocycles. The molecule has 2 aromatic rings. The molecule has 0 saturated heterocycles. The maximum absolute atomic E-state index is 5.59. The van der Waals surface area contributed by atoms with Crippen molar-refractivity contribution in [3.8, 4) is 0 Å². The number of aryl methyl sites for hydroxylation is 2. The number of aliphatic imine (C=N–C) groups is 2. The quantitative estimate of drug-likeness (QED) is 0.282. The predicted octanol–water partition coefficient (Wildman–Crippen LogP) is 9.55. The van der Waals surface area contributed by atoms with Gasteiger partial charge >= 0.3 is 0 Å². The summed E-state index contributed by atoms with van der Waals surface area (Å²) >= 11 is 0. The summed E-state index contributed by atoms with van der Waals surface area (Å²) in [6.45, 7) is 18.5. The molecule has 4 heteroatoms. The summed E-state index contributed by atoms with van der Waals surface area (Å²) in [6.07, 6.45) is 7.36. The number of benzene rings is 2. The van der Waals surface area contributed by atoms with E-state index >= 15 is 0 Å². The lowest BCUT2D eigenvalue weighted by Gasteiger charge is -2.36. The molecule has 2 fully saturated rings. The third-order valence-electron chi connectivity index (χ3n) is 9.42. The fourth-order valence-corrected chi connectivity index (χ4v) is 6.78. The van der Waals surface area contributed by atoms with Crippen LogP contribution in [-0.4, -0.2) is 23.8 Å². The minimum absolute atomic E-state index is 0.285. The van der Waals surface area contributed by atoms with Crippen LogP contribution in [0.3, 0.4) is 0 Å². The fourth-order valence-electron chi connectivity index (χ4n) is 6.78. The molecule has 0 amide bonds. The van der Waals surface area contributed by atoms with E-state index in [-0.39, 0.29) is 12.1 Å². The van der Waals surface area contributed by atoms with Crippen molar-refractivity contribution in [1.82, 2.24) is 0 Å². The first-order chi connectivity index (χ1) is 19.1. The van der Waals surface area contributed by atoms with Gasteiger partial charge in [0.15, 0.2) is 11.7 Å². The Labute approximate surface area is 244 Å². The Morgan fingerprint density at radius 2 is 0.950 bits per heavy atom. The Bertz CT molecular complexity index is 1040. The van der Waals surface area contributed by atoms with Crippen molar-refractivity contribution in [2.24, 2.45) is 45.5 Å². The largest absolute Gasteiger partial charge is 0.337 e. The van der Waals surface area contributed by atoms with Gasteiger partial charge in [-0.2, -0.15) is 0 Å². The summed E-state index contributed by atoms with van der Waals surface area (Å²) in [5.74, 6) is 5.55. The standard InChI is InChI=1S/C36H54N4/c1-23(2)31-19-13-27(7)21-33(31)39-35(37-29-15-9-25(5)10-16-29)36(38-30-17-11-26(6)12-18-30)40-34-22-28(8)14-20-32(34)24(3)4/h9-12,15-18,23-24,27-28,31-34H,13-14,19-22H2,1-8H3,(H,37,39)(H,38,40)/t27-,28-,31+,32+,33-,34-/m1/s1. The second-order valence-corrected chi connectivity index (χ2v) is 13.7. The van der Waals surface area contributed by atoms with Crippen molar-refractivity contribution < 1.29 is 0 Å². The van der Waals surface area contributed by atoms with Crippen LogP contribution in [0.25, 0.3) is 0 Å². The van der Waals surface area contributed by atoms with Gasteiger partial charge in [0.05, 0.1) is 12.1 Å². The van der Waals surface area contributed by atoms with Crippen LogP contribution in [-0.2, 0) is 0 Å². The molecule has 2 aliphatic carbocycles. The van der Waals surface area contributed by atoms with Crippen LogP contribution in [0, 0.1) is 49.4 Å². The fraction of sp³-hybridized carbons (Fsp3) is 0.611. The SMILES string of the molecule is Cc1ccc(NC(=N[C@@H]2C[C@H](C)CC[C@H]2C(C)C)C(=N[C@@H]2C[C@H](C)CC[C@H]2C(C)C)Nc2ccc(C)cc2)cc1. The normalized spacial score (nSPS) is 28.1.